The predicted octanol–water partition coefficient (Wildman–Crippen LogP) is 1.22. The number of fused-ring (bicyclic) bond motifs is 1. The zero-order valence-electron chi connectivity index (χ0n) is 13.6. The van der Waals surface area contributed by atoms with Crippen molar-refractivity contribution in [2.75, 3.05) is 13.1 Å². The van der Waals surface area contributed by atoms with Crippen LogP contribution < -0.4 is 5.32 Å². The van der Waals surface area contributed by atoms with Crippen LogP contribution in [0.15, 0.2) is 36.8 Å². The van der Waals surface area contributed by atoms with Crippen LogP contribution >= 0.6 is 0 Å². The Bertz CT molecular complexity index is 1030. The van der Waals surface area contributed by atoms with E-state index in [4.69, 9.17) is 5.26 Å². The van der Waals surface area contributed by atoms with Gasteiger partial charge in [-0.25, -0.2) is 18.9 Å². The molecule has 1 saturated heterocycles. The molecule has 4 rings (SSSR count). The quantitative estimate of drug-likeness (QED) is 0.712. The normalized spacial score (nSPS) is 16.6. The summed E-state index contributed by atoms with van der Waals surface area (Å²) in [6, 6.07) is 4.49. The van der Waals surface area contributed by atoms with E-state index in [1.807, 2.05) is 6.19 Å². The van der Waals surface area contributed by atoms with E-state index in [1.165, 1.54) is 12.3 Å². The number of nitriles is 1. The third kappa shape index (κ3) is 2.93. The zero-order chi connectivity index (χ0) is 18.1. The maximum Gasteiger partial charge on any atom is 0.273 e. The van der Waals surface area contributed by atoms with Crippen LogP contribution in [0.2, 0.25) is 0 Å². The number of carbonyl (C=O) groups is 1. The highest BCUT2D eigenvalue weighted by Crippen LogP contribution is 2.19. The van der Waals surface area contributed by atoms with Crippen LogP contribution in [0.5, 0.6) is 0 Å². The van der Waals surface area contributed by atoms with Gasteiger partial charge in [0.2, 0.25) is 0 Å². The predicted molar refractivity (Wildman–Crippen MR) is 89.2 cm³/mol. The van der Waals surface area contributed by atoms with Crippen LogP contribution in [-0.2, 0) is 0 Å². The smallest absolute Gasteiger partial charge is 0.273 e. The summed E-state index contributed by atoms with van der Waals surface area (Å²) in [6.45, 7) is 1.01. The first-order valence-electron chi connectivity index (χ1n) is 8.06. The minimum atomic E-state index is -0.717. The van der Waals surface area contributed by atoms with Gasteiger partial charge in [0, 0.05) is 43.2 Å². The maximum atomic E-state index is 14.4. The molecule has 1 aliphatic rings. The minimum absolute atomic E-state index is 0.186. The maximum absolute atomic E-state index is 14.4. The zero-order valence-corrected chi connectivity index (χ0v) is 13.6. The standard InChI is InChI=1S/C17H14FN7O/c18-13-7-11(14-3-6-25-15(23-14)1-4-21-25)8-20-16(13)17(26)22-12-2-5-24(9-12)10-19/h1,3-4,6-8,12H,2,5,9H2,(H,22,26)/t12-/m1/s1. The van der Waals surface area contributed by atoms with Crippen molar-refractivity contribution in [1.82, 2.24) is 29.8 Å². The van der Waals surface area contributed by atoms with Crippen molar-refractivity contribution in [3.05, 3.63) is 48.3 Å². The van der Waals surface area contributed by atoms with E-state index in [9.17, 15) is 9.18 Å². The molecular formula is C17H14FN7O. The molecule has 26 heavy (non-hydrogen) atoms. The Balaban J connectivity index is 1.54. The van der Waals surface area contributed by atoms with Gasteiger partial charge in [0.1, 0.15) is 0 Å². The van der Waals surface area contributed by atoms with Gasteiger partial charge in [0.05, 0.1) is 11.9 Å². The van der Waals surface area contributed by atoms with Crippen molar-refractivity contribution < 1.29 is 9.18 Å². The van der Waals surface area contributed by atoms with Crippen molar-refractivity contribution in [2.24, 2.45) is 0 Å². The molecular weight excluding hydrogens is 337 g/mol. The van der Waals surface area contributed by atoms with Crippen LogP contribution in [0.25, 0.3) is 16.9 Å². The summed E-state index contributed by atoms with van der Waals surface area (Å²) in [7, 11) is 0. The van der Waals surface area contributed by atoms with Crippen molar-refractivity contribution in [1.29, 1.82) is 5.26 Å². The van der Waals surface area contributed by atoms with Crippen LogP contribution in [-0.4, -0.2) is 49.5 Å². The molecule has 1 amide bonds. The summed E-state index contributed by atoms with van der Waals surface area (Å²) in [5, 5.41) is 15.6. The number of amides is 1. The molecule has 0 unspecified atom stereocenters. The first-order chi connectivity index (χ1) is 12.6. The van der Waals surface area contributed by atoms with Crippen molar-refractivity contribution in [3.63, 3.8) is 0 Å². The Kier molecular flexibility index (Phi) is 3.93. The van der Waals surface area contributed by atoms with E-state index in [0.29, 0.717) is 36.4 Å². The van der Waals surface area contributed by atoms with E-state index >= 15 is 0 Å². The molecule has 4 heterocycles. The van der Waals surface area contributed by atoms with Crippen molar-refractivity contribution in [2.45, 2.75) is 12.5 Å². The van der Waals surface area contributed by atoms with Crippen molar-refractivity contribution in [3.8, 4) is 17.5 Å². The fraction of sp³-hybridized carbons (Fsp3) is 0.235. The van der Waals surface area contributed by atoms with E-state index < -0.39 is 11.7 Å². The number of pyridine rings is 1. The molecule has 8 nitrogen and oxygen atoms in total. The molecule has 0 bridgehead atoms. The summed E-state index contributed by atoms with van der Waals surface area (Å²) in [5.74, 6) is -1.30. The molecule has 9 heteroatoms. The molecule has 0 aromatic carbocycles. The lowest BCUT2D eigenvalue weighted by molar-refractivity contribution is 0.0929. The summed E-state index contributed by atoms with van der Waals surface area (Å²) in [4.78, 5) is 22.2. The molecule has 1 aliphatic heterocycles. The molecule has 0 aliphatic carbocycles. The van der Waals surface area contributed by atoms with Gasteiger partial charge in [0.25, 0.3) is 5.91 Å². The average Bonchev–Trinajstić information content (AvgIpc) is 3.29. The number of likely N-dealkylation sites (tertiary alicyclic amines) is 1. The summed E-state index contributed by atoms with van der Waals surface area (Å²) < 4.78 is 16.0. The molecule has 0 saturated carbocycles. The lowest BCUT2D eigenvalue weighted by Crippen LogP contribution is -2.37. The van der Waals surface area contributed by atoms with Gasteiger partial charge in [-0.05, 0) is 18.6 Å². The van der Waals surface area contributed by atoms with E-state index in [1.54, 1.807) is 33.9 Å². The second kappa shape index (κ2) is 6.40. The molecule has 1 fully saturated rings. The van der Waals surface area contributed by atoms with Crippen LogP contribution in [0.3, 0.4) is 0 Å². The van der Waals surface area contributed by atoms with Gasteiger partial charge in [-0.2, -0.15) is 10.4 Å². The molecule has 0 spiro atoms. The fourth-order valence-corrected chi connectivity index (χ4v) is 2.94. The van der Waals surface area contributed by atoms with E-state index in [-0.39, 0.29) is 11.7 Å². The average molecular weight is 351 g/mol. The van der Waals surface area contributed by atoms with Gasteiger partial charge in [0.15, 0.2) is 23.4 Å². The first kappa shape index (κ1) is 16.0. The Morgan fingerprint density at radius 3 is 3.08 bits per heavy atom. The van der Waals surface area contributed by atoms with E-state index in [0.717, 1.165) is 0 Å². The molecule has 0 radical (unpaired) electrons. The number of hydrogen-bond donors (Lipinski definition) is 1. The van der Waals surface area contributed by atoms with Crippen LogP contribution in [0.1, 0.15) is 16.9 Å². The highest BCUT2D eigenvalue weighted by atomic mass is 19.1. The molecule has 1 N–H and O–H groups in total. The Morgan fingerprint density at radius 2 is 2.31 bits per heavy atom. The highest BCUT2D eigenvalue weighted by Gasteiger charge is 2.25. The summed E-state index contributed by atoms with van der Waals surface area (Å²) in [5.41, 5.74) is 1.37. The SMILES string of the molecule is N#CN1CC[C@@H](NC(=O)c2ncc(-c3ccn4nccc4n3)cc2F)C1. The number of halogens is 1. The third-order valence-corrected chi connectivity index (χ3v) is 4.27. The Labute approximate surface area is 147 Å². The van der Waals surface area contributed by atoms with Gasteiger partial charge in [-0.3, -0.25) is 4.79 Å². The number of hydrogen-bond acceptors (Lipinski definition) is 6. The van der Waals surface area contributed by atoms with Gasteiger partial charge < -0.3 is 10.2 Å². The van der Waals surface area contributed by atoms with Crippen LogP contribution in [0.4, 0.5) is 4.39 Å². The number of carbonyl (C=O) groups excluding carboxylic acids is 1. The fourth-order valence-electron chi connectivity index (χ4n) is 2.94. The number of nitrogens with zero attached hydrogens (tertiary/aromatic N) is 6. The number of nitrogens with one attached hydrogen (secondary N) is 1. The summed E-state index contributed by atoms with van der Waals surface area (Å²) >= 11 is 0. The monoisotopic (exact) mass is 351 g/mol. The second-order valence-electron chi connectivity index (χ2n) is 6.01. The first-order valence-corrected chi connectivity index (χ1v) is 8.06. The lowest BCUT2D eigenvalue weighted by Gasteiger charge is -2.12. The largest absolute Gasteiger partial charge is 0.346 e. The van der Waals surface area contributed by atoms with Gasteiger partial charge in [-0.1, -0.05) is 0 Å². The summed E-state index contributed by atoms with van der Waals surface area (Å²) in [6.07, 6.45) is 7.44. The molecule has 130 valence electrons. The Morgan fingerprint density at radius 1 is 1.42 bits per heavy atom. The molecule has 3 aromatic rings. The number of aromatic nitrogens is 4. The van der Waals surface area contributed by atoms with E-state index in [2.05, 4.69) is 20.4 Å². The molecule has 3 aromatic heterocycles. The Hall–Kier alpha value is -3.54. The molecule has 1 atom stereocenters. The van der Waals surface area contributed by atoms with Crippen molar-refractivity contribution >= 4 is 11.6 Å². The van der Waals surface area contributed by atoms with Crippen LogP contribution in [0, 0.1) is 17.3 Å². The van der Waals surface area contributed by atoms with Gasteiger partial charge >= 0.3 is 0 Å². The topological polar surface area (TPSA) is 99.2 Å². The lowest BCUT2D eigenvalue weighted by atomic mass is 10.1. The highest BCUT2D eigenvalue weighted by molar-refractivity contribution is 5.93. The minimum Gasteiger partial charge on any atom is -0.346 e. The third-order valence-electron chi connectivity index (χ3n) is 4.27. The van der Waals surface area contributed by atoms with Gasteiger partial charge in [-0.15, -0.1) is 0 Å². The number of rotatable bonds is 3. The second-order valence-corrected chi connectivity index (χ2v) is 6.01.